The number of hydrogen-bond acceptors (Lipinski definition) is 3. The number of hydrogen-bond donors (Lipinski definition) is 1. The van der Waals surface area contributed by atoms with Gasteiger partial charge in [-0.05, 0) is 44.2 Å². The number of nitrogen functional groups attached to an aromatic ring is 1. The van der Waals surface area contributed by atoms with Gasteiger partial charge in [0.25, 0.3) is 0 Å². The molecule has 0 radical (unpaired) electrons. The molecule has 0 spiro atoms. The Balaban J connectivity index is 1.81. The fourth-order valence-corrected chi connectivity index (χ4v) is 3.48. The Hall–Kier alpha value is -1.22. The summed E-state index contributed by atoms with van der Waals surface area (Å²) in [6.07, 6.45) is 6.46. The van der Waals surface area contributed by atoms with E-state index in [9.17, 15) is 0 Å². The van der Waals surface area contributed by atoms with Gasteiger partial charge >= 0.3 is 0 Å². The molecular formula is C15H22N2O. The highest BCUT2D eigenvalue weighted by Gasteiger charge is 2.31. The van der Waals surface area contributed by atoms with E-state index < -0.39 is 0 Å². The minimum Gasteiger partial charge on any atom is -0.398 e. The summed E-state index contributed by atoms with van der Waals surface area (Å²) < 4.78 is 5.54. The first-order valence-electron chi connectivity index (χ1n) is 6.96. The minimum atomic E-state index is 0.439. The molecule has 0 bridgehead atoms. The molecule has 2 aliphatic rings. The van der Waals surface area contributed by atoms with Gasteiger partial charge in [-0.15, -0.1) is 0 Å². The summed E-state index contributed by atoms with van der Waals surface area (Å²) in [5.74, 6) is 0. The van der Waals surface area contributed by atoms with Crippen LogP contribution in [0, 0.1) is 0 Å². The summed E-state index contributed by atoms with van der Waals surface area (Å²) in [4.78, 5) is 2.55. The number of fused-ring (bicyclic) bond motifs is 1. The van der Waals surface area contributed by atoms with E-state index in [1.54, 1.807) is 0 Å². The van der Waals surface area contributed by atoms with Gasteiger partial charge in [-0.1, -0.05) is 6.07 Å². The maximum absolute atomic E-state index is 6.07. The first kappa shape index (κ1) is 11.8. The van der Waals surface area contributed by atoms with Crippen LogP contribution < -0.4 is 10.6 Å². The molecule has 98 valence electrons. The number of rotatable bonds is 2. The molecular weight excluding hydrogens is 224 g/mol. The standard InChI is InChI=1S/C15H22N2O/c1-18-12-5-2-4-11(10-12)17-9-8-13-14(16)6-3-7-15(13)17/h3,6-7,11-12H,2,4-5,8-10,16H2,1H3. The van der Waals surface area contributed by atoms with Crippen molar-refractivity contribution >= 4 is 11.4 Å². The van der Waals surface area contributed by atoms with Gasteiger partial charge in [0.2, 0.25) is 0 Å². The molecule has 1 aliphatic heterocycles. The molecule has 1 aliphatic carbocycles. The topological polar surface area (TPSA) is 38.5 Å². The van der Waals surface area contributed by atoms with Gasteiger partial charge in [0.1, 0.15) is 0 Å². The molecule has 0 saturated heterocycles. The summed E-state index contributed by atoms with van der Waals surface area (Å²) in [6, 6.07) is 6.94. The van der Waals surface area contributed by atoms with Crippen LogP contribution in [0.15, 0.2) is 18.2 Å². The maximum Gasteiger partial charge on any atom is 0.0591 e. The lowest BCUT2D eigenvalue weighted by molar-refractivity contribution is 0.0633. The highest BCUT2D eigenvalue weighted by Crippen LogP contribution is 2.37. The monoisotopic (exact) mass is 246 g/mol. The largest absolute Gasteiger partial charge is 0.398 e. The third kappa shape index (κ3) is 1.97. The Bertz CT molecular complexity index is 433. The van der Waals surface area contributed by atoms with Gasteiger partial charge in [-0.3, -0.25) is 0 Å². The van der Waals surface area contributed by atoms with Crippen LogP contribution in [-0.2, 0) is 11.2 Å². The zero-order valence-corrected chi connectivity index (χ0v) is 11.1. The van der Waals surface area contributed by atoms with Gasteiger partial charge in [0, 0.05) is 36.6 Å². The zero-order valence-electron chi connectivity index (χ0n) is 11.1. The van der Waals surface area contributed by atoms with Gasteiger partial charge in [0.05, 0.1) is 6.10 Å². The Labute approximate surface area is 109 Å². The number of methoxy groups -OCH3 is 1. The zero-order chi connectivity index (χ0) is 12.5. The Morgan fingerprint density at radius 3 is 3.06 bits per heavy atom. The van der Waals surface area contributed by atoms with E-state index in [1.165, 1.54) is 30.5 Å². The van der Waals surface area contributed by atoms with E-state index in [1.807, 2.05) is 13.2 Å². The molecule has 1 aromatic rings. The van der Waals surface area contributed by atoms with Crippen molar-refractivity contribution in [3.63, 3.8) is 0 Å². The van der Waals surface area contributed by atoms with Gasteiger partial charge in [-0.2, -0.15) is 0 Å². The van der Waals surface area contributed by atoms with Crippen LogP contribution in [0.2, 0.25) is 0 Å². The van der Waals surface area contributed by atoms with E-state index in [0.717, 1.165) is 25.1 Å². The fourth-order valence-electron chi connectivity index (χ4n) is 3.48. The van der Waals surface area contributed by atoms with Crippen molar-refractivity contribution in [3.8, 4) is 0 Å². The third-order valence-electron chi connectivity index (χ3n) is 4.47. The minimum absolute atomic E-state index is 0.439. The highest BCUT2D eigenvalue weighted by atomic mass is 16.5. The lowest BCUT2D eigenvalue weighted by Crippen LogP contribution is -2.39. The van der Waals surface area contributed by atoms with Crippen LogP contribution >= 0.6 is 0 Å². The average molecular weight is 246 g/mol. The molecule has 1 heterocycles. The second kappa shape index (κ2) is 4.81. The maximum atomic E-state index is 6.07. The van der Waals surface area contributed by atoms with E-state index in [2.05, 4.69) is 17.0 Å². The molecule has 1 fully saturated rings. The predicted molar refractivity (Wildman–Crippen MR) is 75.0 cm³/mol. The number of nitrogens with zero attached hydrogens (tertiary/aromatic N) is 1. The van der Waals surface area contributed by atoms with Crippen molar-refractivity contribution < 1.29 is 4.74 Å². The van der Waals surface area contributed by atoms with Gasteiger partial charge in [0.15, 0.2) is 0 Å². The van der Waals surface area contributed by atoms with Crippen LogP contribution in [-0.4, -0.2) is 25.8 Å². The summed E-state index contributed by atoms with van der Waals surface area (Å²) in [6.45, 7) is 1.12. The van der Waals surface area contributed by atoms with Crippen LogP contribution in [0.25, 0.3) is 0 Å². The fraction of sp³-hybridized carbons (Fsp3) is 0.600. The molecule has 2 atom stereocenters. The normalized spacial score (nSPS) is 27.3. The van der Waals surface area contributed by atoms with Crippen molar-refractivity contribution in [1.82, 2.24) is 0 Å². The third-order valence-corrected chi connectivity index (χ3v) is 4.47. The number of benzene rings is 1. The van der Waals surface area contributed by atoms with Crippen LogP contribution in [0.4, 0.5) is 11.4 Å². The van der Waals surface area contributed by atoms with Crippen LogP contribution in [0.3, 0.4) is 0 Å². The van der Waals surface area contributed by atoms with Crippen LogP contribution in [0.5, 0.6) is 0 Å². The number of anilines is 2. The van der Waals surface area contributed by atoms with E-state index in [0.29, 0.717) is 12.1 Å². The molecule has 3 nitrogen and oxygen atoms in total. The Morgan fingerprint density at radius 2 is 2.22 bits per heavy atom. The average Bonchev–Trinajstić information content (AvgIpc) is 2.84. The Morgan fingerprint density at radius 1 is 1.33 bits per heavy atom. The second-order valence-corrected chi connectivity index (χ2v) is 5.47. The molecule has 3 heteroatoms. The van der Waals surface area contributed by atoms with Crippen molar-refractivity contribution in [1.29, 1.82) is 0 Å². The number of nitrogens with two attached hydrogens (primary N) is 1. The molecule has 2 N–H and O–H groups in total. The molecule has 18 heavy (non-hydrogen) atoms. The summed E-state index contributed by atoms with van der Waals surface area (Å²) in [5, 5.41) is 0. The highest BCUT2D eigenvalue weighted by molar-refractivity contribution is 5.68. The van der Waals surface area contributed by atoms with Crippen molar-refractivity contribution in [2.45, 2.75) is 44.2 Å². The Kier molecular flexibility index (Phi) is 3.16. The predicted octanol–water partition coefficient (Wildman–Crippen LogP) is 2.59. The van der Waals surface area contributed by atoms with Crippen molar-refractivity contribution in [2.24, 2.45) is 0 Å². The van der Waals surface area contributed by atoms with Gasteiger partial charge < -0.3 is 15.4 Å². The lowest BCUT2D eigenvalue weighted by atomic mass is 9.91. The lowest BCUT2D eigenvalue weighted by Gasteiger charge is -2.36. The van der Waals surface area contributed by atoms with E-state index in [4.69, 9.17) is 10.5 Å². The molecule has 2 unspecified atom stereocenters. The molecule has 1 aromatic carbocycles. The van der Waals surface area contributed by atoms with Crippen molar-refractivity contribution in [3.05, 3.63) is 23.8 Å². The quantitative estimate of drug-likeness (QED) is 0.815. The first-order valence-corrected chi connectivity index (χ1v) is 6.96. The van der Waals surface area contributed by atoms with Crippen LogP contribution in [0.1, 0.15) is 31.2 Å². The second-order valence-electron chi connectivity index (χ2n) is 5.47. The molecule has 0 amide bonds. The first-order chi connectivity index (χ1) is 8.79. The molecule has 3 rings (SSSR count). The van der Waals surface area contributed by atoms with E-state index >= 15 is 0 Å². The summed E-state index contributed by atoms with van der Waals surface area (Å²) in [7, 11) is 1.84. The molecule has 0 aromatic heterocycles. The smallest absolute Gasteiger partial charge is 0.0591 e. The number of ether oxygens (including phenoxy) is 1. The van der Waals surface area contributed by atoms with E-state index in [-0.39, 0.29) is 0 Å². The van der Waals surface area contributed by atoms with Gasteiger partial charge in [-0.25, -0.2) is 0 Å². The molecule has 1 saturated carbocycles. The SMILES string of the molecule is COC1CCCC(N2CCc3c(N)cccc32)C1. The summed E-state index contributed by atoms with van der Waals surface area (Å²) >= 11 is 0. The summed E-state index contributed by atoms with van der Waals surface area (Å²) in [5.41, 5.74) is 9.72. The van der Waals surface area contributed by atoms with Crippen molar-refractivity contribution in [2.75, 3.05) is 24.3 Å².